The SMILES string of the molecule is COc1ccc(CSC2CN(C)CN(C)C2)cc1. The van der Waals surface area contributed by atoms with E-state index in [1.807, 2.05) is 23.9 Å². The van der Waals surface area contributed by atoms with E-state index in [1.165, 1.54) is 18.7 Å². The molecule has 18 heavy (non-hydrogen) atoms. The van der Waals surface area contributed by atoms with E-state index in [4.69, 9.17) is 4.74 Å². The number of hydrogen-bond donors (Lipinski definition) is 0. The maximum Gasteiger partial charge on any atom is 0.118 e. The molecule has 4 heteroatoms. The molecule has 1 aromatic rings. The first-order valence-electron chi connectivity index (χ1n) is 6.29. The Labute approximate surface area is 114 Å². The van der Waals surface area contributed by atoms with Crippen LogP contribution in [0.4, 0.5) is 0 Å². The van der Waals surface area contributed by atoms with Gasteiger partial charge in [-0.25, -0.2) is 0 Å². The summed E-state index contributed by atoms with van der Waals surface area (Å²) in [4.78, 5) is 4.77. The van der Waals surface area contributed by atoms with Gasteiger partial charge in [-0.1, -0.05) is 12.1 Å². The van der Waals surface area contributed by atoms with Gasteiger partial charge >= 0.3 is 0 Å². The molecular formula is C14H22N2OS. The summed E-state index contributed by atoms with van der Waals surface area (Å²) in [6.07, 6.45) is 0. The van der Waals surface area contributed by atoms with Gasteiger partial charge in [0, 0.05) is 24.1 Å². The van der Waals surface area contributed by atoms with Crippen molar-refractivity contribution in [3.63, 3.8) is 0 Å². The molecule has 0 saturated carbocycles. The van der Waals surface area contributed by atoms with Crippen molar-refractivity contribution in [1.82, 2.24) is 9.80 Å². The van der Waals surface area contributed by atoms with Gasteiger partial charge < -0.3 is 4.74 Å². The number of methoxy groups -OCH3 is 1. The highest BCUT2D eigenvalue weighted by molar-refractivity contribution is 7.99. The Bertz CT molecular complexity index is 359. The minimum atomic E-state index is 0.704. The number of benzene rings is 1. The molecule has 0 aromatic heterocycles. The van der Waals surface area contributed by atoms with Gasteiger partial charge in [-0.3, -0.25) is 9.80 Å². The van der Waals surface area contributed by atoms with Crippen LogP contribution in [-0.2, 0) is 5.75 Å². The monoisotopic (exact) mass is 266 g/mol. The second-order valence-corrected chi connectivity index (χ2v) is 6.29. The second-order valence-electron chi connectivity index (χ2n) is 5.00. The lowest BCUT2D eigenvalue weighted by molar-refractivity contribution is 0.138. The van der Waals surface area contributed by atoms with Crippen molar-refractivity contribution in [2.24, 2.45) is 0 Å². The minimum absolute atomic E-state index is 0.704. The summed E-state index contributed by atoms with van der Waals surface area (Å²) in [5, 5.41) is 0.704. The van der Waals surface area contributed by atoms with E-state index in [0.717, 1.165) is 18.2 Å². The Morgan fingerprint density at radius 2 is 1.78 bits per heavy atom. The summed E-state index contributed by atoms with van der Waals surface area (Å²) in [6.45, 7) is 3.45. The molecule has 1 aliphatic rings. The van der Waals surface area contributed by atoms with Crippen molar-refractivity contribution in [2.45, 2.75) is 11.0 Å². The van der Waals surface area contributed by atoms with Gasteiger partial charge in [-0.15, -0.1) is 0 Å². The van der Waals surface area contributed by atoms with Crippen LogP contribution in [0.15, 0.2) is 24.3 Å². The number of nitrogens with zero attached hydrogens (tertiary/aromatic N) is 2. The highest BCUT2D eigenvalue weighted by Crippen LogP contribution is 2.23. The average molecular weight is 266 g/mol. The average Bonchev–Trinajstić information content (AvgIpc) is 2.36. The maximum atomic E-state index is 5.17. The van der Waals surface area contributed by atoms with Gasteiger partial charge in [0.25, 0.3) is 0 Å². The van der Waals surface area contributed by atoms with E-state index in [2.05, 4.69) is 36.0 Å². The maximum absolute atomic E-state index is 5.17. The third-order valence-corrected chi connectivity index (χ3v) is 4.43. The van der Waals surface area contributed by atoms with Crippen LogP contribution in [0, 0.1) is 0 Å². The van der Waals surface area contributed by atoms with E-state index >= 15 is 0 Å². The quantitative estimate of drug-likeness (QED) is 0.829. The topological polar surface area (TPSA) is 15.7 Å². The Morgan fingerprint density at radius 3 is 2.33 bits per heavy atom. The molecule has 0 spiro atoms. The molecule has 100 valence electrons. The molecule has 1 saturated heterocycles. The lowest BCUT2D eigenvalue weighted by Crippen LogP contribution is -2.47. The number of hydrogen-bond acceptors (Lipinski definition) is 4. The molecule has 1 aliphatic heterocycles. The molecule has 0 N–H and O–H groups in total. The van der Waals surface area contributed by atoms with Gasteiger partial charge in [-0.2, -0.15) is 11.8 Å². The standard InChI is InChI=1S/C14H22N2OS/c1-15-8-14(9-16(2)11-15)18-10-12-4-6-13(17-3)7-5-12/h4-7,14H,8-11H2,1-3H3. The molecule has 0 bridgehead atoms. The smallest absolute Gasteiger partial charge is 0.118 e. The zero-order valence-electron chi connectivity index (χ0n) is 11.4. The van der Waals surface area contributed by atoms with Gasteiger partial charge in [0.1, 0.15) is 5.75 Å². The van der Waals surface area contributed by atoms with Gasteiger partial charge in [0.05, 0.1) is 13.8 Å². The van der Waals surface area contributed by atoms with Crippen molar-refractivity contribution >= 4 is 11.8 Å². The Morgan fingerprint density at radius 1 is 1.17 bits per heavy atom. The van der Waals surface area contributed by atoms with Crippen LogP contribution in [0.3, 0.4) is 0 Å². The highest BCUT2D eigenvalue weighted by Gasteiger charge is 2.20. The third kappa shape index (κ3) is 3.90. The van der Waals surface area contributed by atoms with E-state index in [9.17, 15) is 0 Å². The fourth-order valence-electron chi connectivity index (χ4n) is 2.32. The summed E-state index contributed by atoms with van der Waals surface area (Å²) in [5.41, 5.74) is 1.37. The zero-order valence-corrected chi connectivity index (χ0v) is 12.2. The Balaban J connectivity index is 1.83. The predicted octanol–water partition coefficient (Wildman–Crippen LogP) is 2.13. The molecule has 1 aromatic carbocycles. The van der Waals surface area contributed by atoms with Gasteiger partial charge in [0.15, 0.2) is 0 Å². The van der Waals surface area contributed by atoms with Crippen molar-refractivity contribution in [3.8, 4) is 5.75 Å². The summed E-state index contributed by atoms with van der Waals surface area (Å²) >= 11 is 2.05. The van der Waals surface area contributed by atoms with Crippen molar-refractivity contribution in [1.29, 1.82) is 0 Å². The molecule has 3 nitrogen and oxygen atoms in total. The second kappa shape index (κ2) is 6.45. The summed E-state index contributed by atoms with van der Waals surface area (Å²) in [7, 11) is 6.09. The van der Waals surface area contributed by atoms with Crippen LogP contribution in [-0.4, -0.2) is 56.0 Å². The fourth-order valence-corrected chi connectivity index (χ4v) is 3.66. The Kier molecular flexibility index (Phi) is 4.92. The largest absolute Gasteiger partial charge is 0.497 e. The van der Waals surface area contributed by atoms with Crippen molar-refractivity contribution in [2.75, 3.05) is 41.0 Å². The van der Waals surface area contributed by atoms with E-state index in [1.54, 1.807) is 7.11 Å². The lowest BCUT2D eigenvalue weighted by Gasteiger charge is -2.35. The molecule has 0 aliphatic carbocycles. The number of thioether (sulfide) groups is 1. The first-order valence-corrected chi connectivity index (χ1v) is 7.34. The van der Waals surface area contributed by atoms with Gasteiger partial charge in [0.2, 0.25) is 0 Å². The fraction of sp³-hybridized carbons (Fsp3) is 0.571. The van der Waals surface area contributed by atoms with Gasteiger partial charge in [-0.05, 0) is 31.8 Å². The normalized spacial score (nSPS) is 19.1. The van der Waals surface area contributed by atoms with Crippen LogP contribution >= 0.6 is 11.8 Å². The molecule has 1 heterocycles. The lowest BCUT2D eigenvalue weighted by atomic mass is 10.2. The summed E-state index contributed by atoms with van der Waals surface area (Å²) < 4.78 is 5.17. The molecule has 0 amide bonds. The van der Waals surface area contributed by atoms with Crippen molar-refractivity contribution in [3.05, 3.63) is 29.8 Å². The minimum Gasteiger partial charge on any atom is -0.497 e. The van der Waals surface area contributed by atoms with Crippen LogP contribution in [0.1, 0.15) is 5.56 Å². The summed E-state index contributed by atoms with van der Waals surface area (Å²) in [5.74, 6) is 2.01. The van der Waals surface area contributed by atoms with Crippen LogP contribution < -0.4 is 4.74 Å². The molecule has 0 atom stereocenters. The molecular weight excluding hydrogens is 244 g/mol. The third-order valence-electron chi connectivity index (χ3n) is 3.16. The molecule has 0 radical (unpaired) electrons. The zero-order chi connectivity index (χ0) is 13.0. The molecule has 2 rings (SSSR count). The molecule has 0 unspecified atom stereocenters. The van der Waals surface area contributed by atoms with E-state index in [-0.39, 0.29) is 0 Å². The first kappa shape index (κ1) is 13.7. The van der Waals surface area contributed by atoms with Crippen molar-refractivity contribution < 1.29 is 4.74 Å². The predicted molar refractivity (Wildman–Crippen MR) is 78.2 cm³/mol. The summed E-state index contributed by atoms with van der Waals surface area (Å²) in [6, 6.07) is 8.38. The van der Waals surface area contributed by atoms with E-state index < -0.39 is 0 Å². The highest BCUT2D eigenvalue weighted by atomic mass is 32.2. The van der Waals surface area contributed by atoms with Crippen LogP contribution in [0.2, 0.25) is 0 Å². The van der Waals surface area contributed by atoms with E-state index in [0.29, 0.717) is 5.25 Å². The number of ether oxygens (including phenoxy) is 1. The number of rotatable bonds is 4. The molecule has 1 fully saturated rings. The first-order chi connectivity index (χ1) is 8.67. The Hall–Kier alpha value is -0.710. The van der Waals surface area contributed by atoms with Crippen LogP contribution in [0.5, 0.6) is 5.75 Å². The van der Waals surface area contributed by atoms with Crippen LogP contribution in [0.25, 0.3) is 0 Å².